The Hall–Kier alpha value is -0.760. The van der Waals surface area contributed by atoms with Gasteiger partial charge in [-0.25, -0.2) is 4.98 Å². The summed E-state index contributed by atoms with van der Waals surface area (Å²) in [5.41, 5.74) is 0. The van der Waals surface area contributed by atoms with E-state index in [1.165, 1.54) is 25.7 Å². The van der Waals surface area contributed by atoms with E-state index in [1.807, 2.05) is 18.2 Å². The molecule has 1 saturated heterocycles. The molecular weight excluding hydrogens is 196 g/mol. The zero-order valence-electron chi connectivity index (χ0n) is 8.25. The van der Waals surface area contributed by atoms with E-state index in [9.17, 15) is 0 Å². The van der Waals surface area contributed by atoms with Gasteiger partial charge in [-0.1, -0.05) is 30.5 Å². The van der Waals surface area contributed by atoms with Crippen LogP contribution < -0.4 is 4.90 Å². The van der Waals surface area contributed by atoms with Crippen molar-refractivity contribution in [3.05, 3.63) is 23.4 Å². The Kier molecular flexibility index (Phi) is 3.25. The summed E-state index contributed by atoms with van der Waals surface area (Å²) < 4.78 is 0. The number of nitrogens with zero attached hydrogens (tertiary/aromatic N) is 2. The molecule has 1 aliphatic rings. The Morgan fingerprint density at radius 3 is 2.43 bits per heavy atom. The molecule has 0 saturated carbocycles. The number of pyridine rings is 1. The molecule has 1 aromatic rings. The van der Waals surface area contributed by atoms with Crippen molar-refractivity contribution in [2.75, 3.05) is 18.0 Å². The monoisotopic (exact) mass is 210 g/mol. The fourth-order valence-electron chi connectivity index (χ4n) is 1.87. The van der Waals surface area contributed by atoms with E-state index >= 15 is 0 Å². The number of halogens is 1. The van der Waals surface area contributed by atoms with Gasteiger partial charge >= 0.3 is 0 Å². The zero-order chi connectivity index (χ0) is 9.80. The van der Waals surface area contributed by atoms with E-state index in [4.69, 9.17) is 11.6 Å². The van der Waals surface area contributed by atoms with Gasteiger partial charge in [0.1, 0.15) is 11.0 Å². The molecule has 0 aromatic carbocycles. The van der Waals surface area contributed by atoms with Crippen LogP contribution >= 0.6 is 11.6 Å². The van der Waals surface area contributed by atoms with Crippen LogP contribution in [0.1, 0.15) is 25.7 Å². The van der Waals surface area contributed by atoms with Crippen molar-refractivity contribution in [1.82, 2.24) is 4.98 Å². The summed E-state index contributed by atoms with van der Waals surface area (Å²) in [4.78, 5) is 6.66. The van der Waals surface area contributed by atoms with Crippen molar-refractivity contribution >= 4 is 17.4 Å². The third-order valence-corrected chi connectivity index (χ3v) is 2.84. The molecule has 1 aromatic heterocycles. The Bertz CT molecular complexity index is 293. The normalized spacial score (nSPS) is 17.9. The van der Waals surface area contributed by atoms with Gasteiger partial charge in [0.15, 0.2) is 0 Å². The minimum atomic E-state index is 0.590. The van der Waals surface area contributed by atoms with E-state index in [2.05, 4.69) is 9.88 Å². The predicted molar refractivity (Wildman–Crippen MR) is 59.9 cm³/mol. The maximum Gasteiger partial charge on any atom is 0.131 e. The summed E-state index contributed by atoms with van der Waals surface area (Å²) in [5.74, 6) is 1.03. The fourth-order valence-corrected chi connectivity index (χ4v) is 2.03. The number of anilines is 1. The van der Waals surface area contributed by atoms with Gasteiger partial charge < -0.3 is 4.90 Å². The van der Waals surface area contributed by atoms with Gasteiger partial charge in [-0.15, -0.1) is 0 Å². The van der Waals surface area contributed by atoms with Crippen LogP contribution in [0.15, 0.2) is 18.2 Å². The third kappa shape index (κ3) is 2.38. The lowest BCUT2D eigenvalue weighted by Crippen LogP contribution is -2.24. The van der Waals surface area contributed by atoms with Crippen LogP contribution in [0.2, 0.25) is 5.15 Å². The Morgan fingerprint density at radius 2 is 1.79 bits per heavy atom. The summed E-state index contributed by atoms with van der Waals surface area (Å²) in [6.45, 7) is 2.24. The summed E-state index contributed by atoms with van der Waals surface area (Å²) in [5, 5.41) is 0.590. The first-order valence-electron chi connectivity index (χ1n) is 5.24. The molecule has 0 amide bonds. The van der Waals surface area contributed by atoms with Crippen LogP contribution in [0.3, 0.4) is 0 Å². The van der Waals surface area contributed by atoms with Crippen molar-refractivity contribution in [2.24, 2.45) is 0 Å². The molecule has 14 heavy (non-hydrogen) atoms. The van der Waals surface area contributed by atoms with Crippen LogP contribution in [0.5, 0.6) is 0 Å². The number of hydrogen-bond acceptors (Lipinski definition) is 2. The molecule has 1 fully saturated rings. The van der Waals surface area contributed by atoms with Gasteiger partial charge in [-0.3, -0.25) is 0 Å². The van der Waals surface area contributed by atoms with Crippen molar-refractivity contribution in [1.29, 1.82) is 0 Å². The van der Waals surface area contributed by atoms with Crippen LogP contribution in [-0.4, -0.2) is 18.1 Å². The molecule has 3 heteroatoms. The van der Waals surface area contributed by atoms with Crippen LogP contribution in [0.4, 0.5) is 5.82 Å². The Balaban J connectivity index is 2.12. The van der Waals surface area contributed by atoms with Crippen LogP contribution in [0.25, 0.3) is 0 Å². The van der Waals surface area contributed by atoms with Crippen molar-refractivity contribution in [3.63, 3.8) is 0 Å². The summed E-state index contributed by atoms with van der Waals surface area (Å²) >= 11 is 5.87. The number of hydrogen-bond donors (Lipinski definition) is 0. The molecule has 0 atom stereocenters. The topological polar surface area (TPSA) is 16.1 Å². The van der Waals surface area contributed by atoms with Gasteiger partial charge in [-0.05, 0) is 25.0 Å². The average molecular weight is 211 g/mol. The maximum atomic E-state index is 5.87. The molecule has 0 unspecified atom stereocenters. The van der Waals surface area contributed by atoms with Crippen molar-refractivity contribution in [2.45, 2.75) is 25.7 Å². The summed E-state index contributed by atoms with van der Waals surface area (Å²) in [6.07, 6.45) is 5.23. The predicted octanol–water partition coefficient (Wildman–Crippen LogP) is 3.12. The molecule has 0 N–H and O–H groups in total. The first-order valence-corrected chi connectivity index (χ1v) is 5.61. The molecule has 0 spiro atoms. The molecule has 76 valence electrons. The van der Waals surface area contributed by atoms with E-state index in [0.29, 0.717) is 5.15 Å². The smallest absolute Gasteiger partial charge is 0.131 e. The highest BCUT2D eigenvalue weighted by molar-refractivity contribution is 6.29. The van der Waals surface area contributed by atoms with E-state index in [0.717, 1.165) is 18.9 Å². The average Bonchev–Trinajstić information content (AvgIpc) is 2.45. The first kappa shape index (κ1) is 9.78. The third-order valence-electron chi connectivity index (χ3n) is 2.63. The van der Waals surface area contributed by atoms with Gasteiger partial charge in [0.25, 0.3) is 0 Å². The second kappa shape index (κ2) is 4.65. The maximum absolute atomic E-state index is 5.87. The molecule has 0 aliphatic carbocycles. The lowest BCUT2D eigenvalue weighted by atomic mass is 10.2. The van der Waals surface area contributed by atoms with E-state index < -0.39 is 0 Å². The Labute approximate surface area is 89.9 Å². The van der Waals surface area contributed by atoms with E-state index in [-0.39, 0.29) is 0 Å². The molecule has 2 rings (SSSR count). The van der Waals surface area contributed by atoms with Crippen molar-refractivity contribution in [3.8, 4) is 0 Å². The Morgan fingerprint density at radius 1 is 1.07 bits per heavy atom. The first-order chi connectivity index (χ1) is 6.86. The van der Waals surface area contributed by atoms with Gasteiger partial charge in [0, 0.05) is 13.1 Å². The summed E-state index contributed by atoms with van der Waals surface area (Å²) in [6, 6.07) is 5.83. The quantitative estimate of drug-likeness (QED) is 0.663. The van der Waals surface area contributed by atoms with Crippen LogP contribution in [0, 0.1) is 0 Å². The highest BCUT2D eigenvalue weighted by Gasteiger charge is 2.10. The fraction of sp³-hybridized carbons (Fsp3) is 0.545. The van der Waals surface area contributed by atoms with Crippen molar-refractivity contribution < 1.29 is 0 Å². The highest BCUT2D eigenvalue weighted by Crippen LogP contribution is 2.18. The molecule has 0 radical (unpaired) electrons. The van der Waals surface area contributed by atoms with Gasteiger partial charge in [0.2, 0.25) is 0 Å². The molecular formula is C11H15ClN2. The summed E-state index contributed by atoms with van der Waals surface area (Å²) in [7, 11) is 0. The highest BCUT2D eigenvalue weighted by atomic mass is 35.5. The lowest BCUT2D eigenvalue weighted by Gasteiger charge is -2.21. The largest absolute Gasteiger partial charge is 0.357 e. The molecule has 0 bridgehead atoms. The van der Waals surface area contributed by atoms with Crippen LogP contribution in [-0.2, 0) is 0 Å². The van der Waals surface area contributed by atoms with Gasteiger partial charge in [0.05, 0.1) is 0 Å². The second-order valence-electron chi connectivity index (χ2n) is 3.72. The van der Waals surface area contributed by atoms with Gasteiger partial charge in [-0.2, -0.15) is 0 Å². The molecule has 2 nitrogen and oxygen atoms in total. The second-order valence-corrected chi connectivity index (χ2v) is 4.11. The minimum absolute atomic E-state index is 0.590. The van der Waals surface area contributed by atoms with E-state index in [1.54, 1.807) is 0 Å². The molecule has 2 heterocycles. The minimum Gasteiger partial charge on any atom is -0.357 e. The number of aromatic nitrogens is 1. The lowest BCUT2D eigenvalue weighted by molar-refractivity contribution is 0.726. The zero-order valence-corrected chi connectivity index (χ0v) is 9.00. The number of rotatable bonds is 1. The molecule has 1 aliphatic heterocycles. The standard InChI is InChI=1S/C11H15ClN2/c12-10-6-5-7-11(13-10)14-8-3-1-2-4-9-14/h5-7H,1-4,8-9H2. The SMILES string of the molecule is Clc1cccc(N2CCCCCC2)n1.